The molecule has 3 aliphatic carbocycles. The first-order valence-electron chi connectivity index (χ1n) is 19.8. The van der Waals surface area contributed by atoms with Crippen LogP contribution < -0.4 is 4.90 Å². The third kappa shape index (κ3) is 5.15. The largest absolute Gasteiger partial charge is 0.310 e. The normalized spacial score (nSPS) is 18.9. The molecule has 0 aromatic heterocycles. The number of nitrogens with zero attached hydrogens (tertiary/aromatic N) is 1. The van der Waals surface area contributed by atoms with Crippen molar-refractivity contribution < 1.29 is 0 Å². The van der Waals surface area contributed by atoms with Gasteiger partial charge in [0, 0.05) is 16.8 Å². The summed E-state index contributed by atoms with van der Waals surface area (Å²) in [4.78, 5) is 2.34. The summed E-state index contributed by atoms with van der Waals surface area (Å²) in [6.45, 7) is 8.90. The van der Waals surface area contributed by atoms with Gasteiger partial charge in [-0.25, -0.2) is 0 Å². The Morgan fingerprint density at radius 1 is 0.661 bits per heavy atom. The molecule has 2 atom stereocenters. The quantitative estimate of drug-likeness (QED) is 0.148. The highest BCUT2D eigenvalue weighted by Gasteiger charge is 2.54. The molecule has 0 amide bonds. The number of anilines is 2. The Hall–Kier alpha value is -6.70. The lowest BCUT2D eigenvalue weighted by Gasteiger charge is -2.36. The SMILES string of the molecule is C=C/C(=C\C=C(/C)c1ccccc1)N(c1ccc(-c2ccc3c(c2)C24c5c(cccc5-c5cccc-3c52)C/C=C\C=C/C4C)cc1)c1cccc2ccccc12. The second-order valence-electron chi connectivity index (χ2n) is 15.3. The fraction of sp³-hybridized carbons (Fsp3) is 0.0909. The highest BCUT2D eigenvalue weighted by molar-refractivity contribution is 5.99. The number of allylic oxidation sites excluding steroid dienone is 8. The highest BCUT2D eigenvalue weighted by atomic mass is 15.1. The van der Waals surface area contributed by atoms with Crippen molar-refractivity contribution in [2.75, 3.05) is 4.90 Å². The van der Waals surface area contributed by atoms with E-state index >= 15 is 0 Å². The Morgan fingerprint density at radius 2 is 1.36 bits per heavy atom. The van der Waals surface area contributed by atoms with Crippen LogP contribution in [0.2, 0.25) is 0 Å². The van der Waals surface area contributed by atoms with E-state index in [1.165, 1.54) is 77.5 Å². The average molecular weight is 718 g/mol. The van der Waals surface area contributed by atoms with Gasteiger partial charge in [0.2, 0.25) is 0 Å². The van der Waals surface area contributed by atoms with Crippen LogP contribution in [0.25, 0.3) is 49.7 Å². The van der Waals surface area contributed by atoms with Gasteiger partial charge in [-0.3, -0.25) is 0 Å². The van der Waals surface area contributed by atoms with Crippen molar-refractivity contribution in [2.45, 2.75) is 25.7 Å². The molecule has 1 spiro atoms. The molecule has 1 heteroatoms. The fourth-order valence-electron chi connectivity index (χ4n) is 9.79. The van der Waals surface area contributed by atoms with Crippen molar-refractivity contribution in [2.24, 2.45) is 5.92 Å². The van der Waals surface area contributed by atoms with Crippen LogP contribution >= 0.6 is 0 Å². The van der Waals surface area contributed by atoms with Crippen molar-refractivity contribution in [3.8, 4) is 33.4 Å². The van der Waals surface area contributed by atoms with E-state index < -0.39 is 0 Å². The van der Waals surface area contributed by atoms with E-state index in [4.69, 9.17) is 0 Å². The minimum atomic E-state index is -0.244. The van der Waals surface area contributed by atoms with Gasteiger partial charge in [-0.05, 0) is 128 Å². The number of hydrogen-bond acceptors (Lipinski definition) is 1. The molecule has 7 aromatic carbocycles. The van der Waals surface area contributed by atoms with E-state index in [0.717, 1.165) is 23.5 Å². The molecule has 56 heavy (non-hydrogen) atoms. The van der Waals surface area contributed by atoms with Gasteiger partial charge < -0.3 is 4.90 Å². The molecule has 0 radical (unpaired) electrons. The van der Waals surface area contributed by atoms with Gasteiger partial charge in [0.1, 0.15) is 0 Å². The predicted molar refractivity (Wildman–Crippen MR) is 238 cm³/mol. The van der Waals surface area contributed by atoms with Crippen LogP contribution in [0.15, 0.2) is 206 Å². The van der Waals surface area contributed by atoms with Crippen LogP contribution in [-0.4, -0.2) is 0 Å². The zero-order valence-corrected chi connectivity index (χ0v) is 31.9. The monoisotopic (exact) mass is 717 g/mol. The summed E-state index contributed by atoms with van der Waals surface area (Å²) >= 11 is 0. The summed E-state index contributed by atoms with van der Waals surface area (Å²) in [5, 5.41) is 2.39. The number of rotatable bonds is 7. The van der Waals surface area contributed by atoms with Crippen LogP contribution in [0.4, 0.5) is 11.4 Å². The van der Waals surface area contributed by atoms with Crippen molar-refractivity contribution in [3.05, 3.63) is 234 Å². The van der Waals surface area contributed by atoms with Crippen LogP contribution in [0, 0.1) is 5.92 Å². The standard InChI is InChI=1S/C55H43N/c1-4-44(32-28-37(2)39-17-8-6-9-18-39)56(52-27-14-21-41-19-11-12-23-46(41)52)45-33-29-40(30-34-45)43-31-35-47-48-25-15-26-50-49-24-13-22-42-20-10-5-7-16-38(3)55(53(42)49,54(48)50)51(47)36-43/h4-19,21-36,38H,1,20H2,2-3H3/b10-5-,16-7-,37-28+,44-32+. The molecule has 0 bridgehead atoms. The van der Waals surface area contributed by atoms with Crippen molar-refractivity contribution in [3.63, 3.8) is 0 Å². The summed E-state index contributed by atoms with van der Waals surface area (Å²) < 4.78 is 0. The van der Waals surface area contributed by atoms with E-state index in [1.807, 2.05) is 6.08 Å². The van der Waals surface area contributed by atoms with Crippen LogP contribution in [0.5, 0.6) is 0 Å². The zero-order valence-electron chi connectivity index (χ0n) is 31.9. The highest BCUT2D eigenvalue weighted by Crippen LogP contribution is 2.65. The molecule has 7 aromatic rings. The molecule has 2 unspecified atom stereocenters. The third-order valence-electron chi connectivity index (χ3n) is 12.4. The van der Waals surface area contributed by atoms with Crippen LogP contribution in [0.1, 0.15) is 41.7 Å². The van der Waals surface area contributed by atoms with Gasteiger partial charge >= 0.3 is 0 Å². The van der Waals surface area contributed by atoms with E-state index in [1.54, 1.807) is 0 Å². The summed E-state index contributed by atoms with van der Waals surface area (Å²) in [6.07, 6.45) is 16.5. The van der Waals surface area contributed by atoms with Gasteiger partial charge in [-0.1, -0.05) is 171 Å². The maximum absolute atomic E-state index is 4.32. The van der Waals surface area contributed by atoms with E-state index in [0.29, 0.717) is 0 Å². The average Bonchev–Trinajstić information content (AvgIpc) is 3.75. The fourth-order valence-corrected chi connectivity index (χ4v) is 9.79. The van der Waals surface area contributed by atoms with E-state index in [9.17, 15) is 0 Å². The molecule has 3 aliphatic rings. The Morgan fingerprint density at radius 3 is 2.18 bits per heavy atom. The van der Waals surface area contributed by atoms with Crippen LogP contribution in [-0.2, 0) is 11.8 Å². The summed E-state index contributed by atoms with van der Waals surface area (Å²) in [5.74, 6) is 0.268. The second-order valence-corrected chi connectivity index (χ2v) is 15.3. The number of hydrogen-bond donors (Lipinski definition) is 0. The molecular weight excluding hydrogens is 675 g/mol. The van der Waals surface area contributed by atoms with Crippen molar-refractivity contribution in [1.82, 2.24) is 0 Å². The Labute approximate surface area is 330 Å². The maximum Gasteiger partial charge on any atom is 0.0540 e. The molecule has 0 heterocycles. The first kappa shape index (κ1) is 33.8. The molecule has 0 N–H and O–H groups in total. The van der Waals surface area contributed by atoms with Crippen LogP contribution in [0.3, 0.4) is 0 Å². The molecule has 0 fully saturated rings. The van der Waals surface area contributed by atoms with Gasteiger partial charge in [0.05, 0.1) is 11.1 Å². The topological polar surface area (TPSA) is 3.24 Å². The van der Waals surface area contributed by atoms with Gasteiger partial charge in [0.25, 0.3) is 0 Å². The summed E-state index contributed by atoms with van der Waals surface area (Å²) in [6, 6.07) is 55.9. The Kier molecular flexibility index (Phi) is 8.19. The molecule has 10 rings (SSSR count). The maximum atomic E-state index is 4.32. The molecule has 0 saturated carbocycles. The lowest BCUT2D eigenvalue weighted by Crippen LogP contribution is -2.32. The summed E-state index contributed by atoms with van der Waals surface area (Å²) in [7, 11) is 0. The smallest absolute Gasteiger partial charge is 0.0540 e. The van der Waals surface area contributed by atoms with Gasteiger partial charge in [-0.2, -0.15) is 0 Å². The second kappa shape index (κ2) is 13.6. The zero-order chi connectivity index (χ0) is 37.8. The molecule has 1 nitrogen and oxygen atoms in total. The molecular formula is C55H43N. The van der Waals surface area contributed by atoms with Gasteiger partial charge in [-0.15, -0.1) is 0 Å². The minimum Gasteiger partial charge on any atom is -0.310 e. The van der Waals surface area contributed by atoms with E-state index in [-0.39, 0.29) is 11.3 Å². The third-order valence-corrected chi connectivity index (χ3v) is 12.4. The minimum absolute atomic E-state index is 0.244. The number of benzene rings is 7. The molecule has 0 saturated heterocycles. The predicted octanol–water partition coefficient (Wildman–Crippen LogP) is 14.4. The lowest BCUT2D eigenvalue weighted by atomic mass is 9.65. The first-order chi connectivity index (χ1) is 27.6. The first-order valence-corrected chi connectivity index (χ1v) is 19.8. The Balaban J connectivity index is 1.10. The number of fused-ring (bicyclic) bond motifs is 4. The van der Waals surface area contributed by atoms with Crippen molar-refractivity contribution in [1.29, 1.82) is 0 Å². The van der Waals surface area contributed by atoms with Crippen molar-refractivity contribution >= 4 is 27.7 Å². The molecule has 0 aliphatic heterocycles. The summed E-state index contributed by atoms with van der Waals surface area (Å²) in [5.41, 5.74) is 19.1. The lowest BCUT2D eigenvalue weighted by molar-refractivity contribution is 0.501. The van der Waals surface area contributed by atoms with Gasteiger partial charge in [0.15, 0.2) is 0 Å². The van der Waals surface area contributed by atoms with E-state index in [2.05, 4.69) is 213 Å². The Bertz CT molecular complexity index is 2810. The molecule has 268 valence electrons.